The van der Waals surface area contributed by atoms with Gasteiger partial charge >= 0.3 is 0 Å². The summed E-state index contributed by atoms with van der Waals surface area (Å²) in [6.45, 7) is 0.867. The van der Waals surface area contributed by atoms with E-state index in [4.69, 9.17) is 5.73 Å². The Bertz CT molecular complexity index is 188. The second kappa shape index (κ2) is 7.85. The van der Waals surface area contributed by atoms with Gasteiger partial charge in [0, 0.05) is 12.6 Å². The van der Waals surface area contributed by atoms with Gasteiger partial charge in [-0.15, -0.1) is 0 Å². The van der Waals surface area contributed by atoms with E-state index in [0.717, 1.165) is 13.0 Å². The van der Waals surface area contributed by atoms with Crippen LogP contribution in [0.4, 0.5) is 0 Å². The van der Waals surface area contributed by atoms with E-state index in [9.17, 15) is 0 Å². The summed E-state index contributed by atoms with van der Waals surface area (Å²) in [6.07, 6.45) is 9.69. The normalized spacial score (nSPS) is 18.3. The van der Waals surface area contributed by atoms with Crippen LogP contribution in [-0.4, -0.2) is 30.6 Å². The van der Waals surface area contributed by atoms with Crippen molar-refractivity contribution in [1.29, 1.82) is 0 Å². The zero-order chi connectivity index (χ0) is 10.9. The lowest BCUT2D eigenvalue weighted by Crippen LogP contribution is -2.38. The third kappa shape index (κ3) is 5.92. The summed E-state index contributed by atoms with van der Waals surface area (Å²) in [5, 5.41) is 3.29. The molecular weight excluding hydrogens is 206 g/mol. The first-order valence-electron chi connectivity index (χ1n) is 5.88. The molecule has 15 heavy (non-hydrogen) atoms. The highest BCUT2D eigenvalue weighted by molar-refractivity contribution is 7.98. The maximum Gasteiger partial charge on any atom is 0.188 e. The number of unbranched alkanes of at least 4 members (excludes halogenated alkanes) is 1. The smallest absolute Gasteiger partial charge is 0.188 e. The highest BCUT2D eigenvalue weighted by Gasteiger charge is 2.14. The molecule has 0 spiro atoms. The van der Waals surface area contributed by atoms with Crippen LogP contribution >= 0.6 is 11.8 Å². The van der Waals surface area contributed by atoms with Crippen molar-refractivity contribution in [2.45, 2.75) is 44.6 Å². The molecule has 0 unspecified atom stereocenters. The molecule has 1 rings (SSSR count). The minimum absolute atomic E-state index is 0.583. The molecule has 1 saturated carbocycles. The highest BCUT2D eigenvalue weighted by Crippen LogP contribution is 2.17. The van der Waals surface area contributed by atoms with Crippen molar-refractivity contribution in [2.24, 2.45) is 10.7 Å². The Morgan fingerprint density at radius 3 is 2.80 bits per heavy atom. The number of nitrogens with zero attached hydrogens (tertiary/aromatic N) is 1. The number of hydrogen-bond acceptors (Lipinski definition) is 2. The first-order valence-corrected chi connectivity index (χ1v) is 7.27. The maximum absolute atomic E-state index is 5.80. The van der Waals surface area contributed by atoms with E-state index in [-0.39, 0.29) is 0 Å². The van der Waals surface area contributed by atoms with Crippen molar-refractivity contribution in [3.63, 3.8) is 0 Å². The minimum Gasteiger partial charge on any atom is -0.370 e. The van der Waals surface area contributed by atoms with Crippen molar-refractivity contribution < 1.29 is 0 Å². The van der Waals surface area contributed by atoms with Crippen LogP contribution in [0, 0.1) is 0 Å². The Balaban J connectivity index is 2.04. The molecule has 0 aliphatic heterocycles. The number of thioether (sulfide) groups is 1. The molecular formula is C11H23N3S. The molecule has 0 bridgehead atoms. The molecule has 1 aliphatic carbocycles. The van der Waals surface area contributed by atoms with Gasteiger partial charge in [0.2, 0.25) is 0 Å². The predicted octanol–water partition coefficient (Wildman–Crippen LogP) is 1.98. The molecule has 0 amide bonds. The Labute approximate surface area is 97.3 Å². The van der Waals surface area contributed by atoms with Crippen LogP contribution in [0.25, 0.3) is 0 Å². The van der Waals surface area contributed by atoms with Gasteiger partial charge in [-0.1, -0.05) is 12.8 Å². The van der Waals surface area contributed by atoms with Crippen molar-refractivity contribution in [3.05, 3.63) is 0 Å². The Morgan fingerprint density at radius 2 is 2.13 bits per heavy atom. The van der Waals surface area contributed by atoms with Crippen molar-refractivity contribution in [1.82, 2.24) is 5.32 Å². The van der Waals surface area contributed by atoms with E-state index in [1.165, 1.54) is 37.9 Å². The van der Waals surface area contributed by atoms with Gasteiger partial charge in [-0.2, -0.15) is 11.8 Å². The average molecular weight is 229 g/mol. The first kappa shape index (κ1) is 12.7. The Hall–Kier alpha value is -0.380. The molecule has 1 aliphatic rings. The highest BCUT2D eigenvalue weighted by atomic mass is 32.2. The van der Waals surface area contributed by atoms with Crippen LogP contribution in [0.3, 0.4) is 0 Å². The number of hydrogen-bond donors (Lipinski definition) is 2. The third-order valence-corrected chi connectivity index (χ3v) is 3.44. The summed E-state index contributed by atoms with van der Waals surface area (Å²) >= 11 is 1.89. The molecule has 1 fully saturated rings. The van der Waals surface area contributed by atoms with Crippen LogP contribution in [0.2, 0.25) is 0 Å². The van der Waals surface area contributed by atoms with Gasteiger partial charge in [0.1, 0.15) is 0 Å². The predicted molar refractivity (Wildman–Crippen MR) is 69.5 cm³/mol. The van der Waals surface area contributed by atoms with E-state index >= 15 is 0 Å². The van der Waals surface area contributed by atoms with Crippen molar-refractivity contribution in [2.75, 3.05) is 18.6 Å². The zero-order valence-electron chi connectivity index (χ0n) is 9.67. The quantitative estimate of drug-likeness (QED) is 0.416. The monoisotopic (exact) mass is 229 g/mol. The molecule has 0 radical (unpaired) electrons. The molecule has 0 atom stereocenters. The van der Waals surface area contributed by atoms with E-state index in [0.29, 0.717) is 12.0 Å². The van der Waals surface area contributed by atoms with Crippen molar-refractivity contribution >= 4 is 17.7 Å². The van der Waals surface area contributed by atoms with Gasteiger partial charge in [0.15, 0.2) is 5.96 Å². The van der Waals surface area contributed by atoms with Crippen LogP contribution in [0.15, 0.2) is 4.99 Å². The van der Waals surface area contributed by atoms with Crippen molar-refractivity contribution in [3.8, 4) is 0 Å². The fraction of sp³-hybridized carbons (Fsp3) is 0.909. The third-order valence-electron chi connectivity index (χ3n) is 2.75. The van der Waals surface area contributed by atoms with E-state index in [2.05, 4.69) is 16.6 Å². The summed E-state index contributed by atoms with van der Waals surface area (Å²) in [5.41, 5.74) is 5.80. The largest absolute Gasteiger partial charge is 0.370 e. The summed E-state index contributed by atoms with van der Waals surface area (Å²) < 4.78 is 0. The number of guanidine groups is 1. The number of nitrogens with two attached hydrogens (primary N) is 1. The summed E-state index contributed by atoms with van der Waals surface area (Å²) in [7, 11) is 0. The minimum atomic E-state index is 0.583. The number of nitrogens with one attached hydrogen (secondary N) is 1. The molecule has 3 nitrogen and oxygen atoms in total. The van der Waals surface area contributed by atoms with Gasteiger partial charge in [-0.25, -0.2) is 0 Å². The fourth-order valence-electron chi connectivity index (χ4n) is 1.88. The average Bonchev–Trinajstić information content (AvgIpc) is 2.70. The molecule has 88 valence electrons. The number of rotatable bonds is 6. The van der Waals surface area contributed by atoms with Crippen LogP contribution in [0.5, 0.6) is 0 Å². The molecule has 0 heterocycles. The molecule has 0 aromatic carbocycles. The number of aliphatic imine (C=N–C) groups is 1. The lowest BCUT2D eigenvalue weighted by molar-refractivity contribution is 0.624. The lowest BCUT2D eigenvalue weighted by Gasteiger charge is -2.11. The van der Waals surface area contributed by atoms with Gasteiger partial charge in [0.25, 0.3) is 0 Å². The Morgan fingerprint density at radius 1 is 1.40 bits per heavy atom. The van der Waals surface area contributed by atoms with Crippen LogP contribution in [-0.2, 0) is 0 Å². The van der Waals surface area contributed by atoms with E-state index in [1.54, 1.807) is 0 Å². The molecule has 0 aromatic rings. The van der Waals surface area contributed by atoms with Gasteiger partial charge in [0.05, 0.1) is 0 Å². The molecule has 0 aromatic heterocycles. The summed E-state index contributed by atoms with van der Waals surface area (Å²) in [6, 6.07) is 0.583. The summed E-state index contributed by atoms with van der Waals surface area (Å²) in [4.78, 5) is 4.33. The maximum atomic E-state index is 5.80. The summed E-state index contributed by atoms with van der Waals surface area (Å²) in [5.74, 6) is 1.87. The second-order valence-electron chi connectivity index (χ2n) is 4.09. The van der Waals surface area contributed by atoms with Gasteiger partial charge in [-0.3, -0.25) is 4.99 Å². The Kier molecular flexibility index (Phi) is 6.64. The topological polar surface area (TPSA) is 50.4 Å². The lowest BCUT2D eigenvalue weighted by atomic mass is 10.2. The zero-order valence-corrected chi connectivity index (χ0v) is 10.5. The molecule has 0 saturated heterocycles. The molecule has 3 N–H and O–H groups in total. The second-order valence-corrected chi connectivity index (χ2v) is 5.08. The van der Waals surface area contributed by atoms with E-state index < -0.39 is 0 Å². The SMILES string of the molecule is CSCCCCN=C(N)NC1CCCC1. The van der Waals surface area contributed by atoms with Gasteiger partial charge in [-0.05, 0) is 37.7 Å². The van der Waals surface area contributed by atoms with Gasteiger partial charge < -0.3 is 11.1 Å². The fourth-order valence-corrected chi connectivity index (χ4v) is 2.38. The standard InChI is InChI=1S/C11H23N3S/c1-15-9-5-4-8-13-11(12)14-10-6-2-3-7-10/h10H,2-9H2,1H3,(H3,12,13,14). The van der Waals surface area contributed by atoms with Crippen LogP contribution in [0.1, 0.15) is 38.5 Å². The van der Waals surface area contributed by atoms with Crippen LogP contribution < -0.4 is 11.1 Å². The molecule has 4 heteroatoms. The van der Waals surface area contributed by atoms with E-state index in [1.807, 2.05) is 11.8 Å². The first-order chi connectivity index (χ1) is 7.33.